The molecule has 5 heteroatoms. The molecule has 1 rings (SSSR count). The normalized spacial score (nSPS) is 9.94. The molecule has 0 saturated heterocycles. The van der Waals surface area contributed by atoms with Gasteiger partial charge in [-0.3, -0.25) is 0 Å². The van der Waals surface area contributed by atoms with Crippen molar-refractivity contribution in [3.63, 3.8) is 0 Å². The standard InChI is InChI=1S/C13H20N2O2.BrH/c1-3-15(4-2)9-10-17-13(16)11-5-7-12(14)8-6-11;/h5-8H,3-4,9-10,14H2,1-2H3;1H. The summed E-state index contributed by atoms with van der Waals surface area (Å²) in [5.41, 5.74) is 6.73. The number of benzene rings is 1. The average molecular weight is 317 g/mol. The third-order valence-electron chi connectivity index (χ3n) is 2.68. The summed E-state index contributed by atoms with van der Waals surface area (Å²) in [5, 5.41) is 0. The molecule has 0 spiro atoms. The number of esters is 1. The minimum absolute atomic E-state index is 0. The van der Waals surface area contributed by atoms with E-state index in [1.165, 1.54) is 0 Å². The van der Waals surface area contributed by atoms with Crippen molar-refractivity contribution in [3.8, 4) is 0 Å². The van der Waals surface area contributed by atoms with Crippen LogP contribution in [-0.2, 0) is 4.74 Å². The zero-order valence-electron chi connectivity index (χ0n) is 10.9. The summed E-state index contributed by atoms with van der Waals surface area (Å²) < 4.78 is 5.18. The summed E-state index contributed by atoms with van der Waals surface area (Å²) in [4.78, 5) is 13.8. The number of rotatable bonds is 6. The number of nitrogens with zero attached hydrogens (tertiary/aromatic N) is 1. The fourth-order valence-corrected chi connectivity index (χ4v) is 1.51. The van der Waals surface area contributed by atoms with Gasteiger partial charge in [0.1, 0.15) is 6.61 Å². The van der Waals surface area contributed by atoms with Crippen molar-refractivity contribution in [2.45, 2.75) is 13.8 Å². The van der Waals surface area contributed by atoms with Gasteiger partial charge in [0.15, 0.2) is 0 Å². The average Bonchev–Trinajstić information content (AvgIpc) is 2.35. The lowest BCUT2D eigenvalue weighted by atomic mass is 10.2. The summed E-state index contributed by atoms with van der Waals surface area (Å²) >= 11 is 0. The molecule has 0 aliphatic carbocycles. The molecule has 0 saturated carbocycles. The molecule has 0 heterocycles. The Morgan fingerprint density at radius 3 is 2.28 bits per heavy atom. The molecule has 2 N–H and O–H groups in total. The van der Waals surface area contributed by atoms with Gasteiger partial charge in [0.25, 0.3) is 0 Å². The second-order valence-electron chi connectivity index (χ2n) is 3.78. The van der Waals surface area contributed by atoms with Crippen molar-refractivity contribution in [1.82, 2.24) is 4.90 Å². The van der Waals surface area contributed by atoms with E-state index in [0.29, 0.717) is 17.9 Å². The number of nitrogens with two attached hydrogens (primary N) is 1. The predicted molar refractivity (Wildman–Crippen MR) is 79.2 cm³/mol. The molecule has 0 aliphatic heterocycles. The SMILES string of the molecule is Br.CCN(CC)CCOC(=O)c1ccc(N)cc1. The quantitative estimate of drug-likeness (QED) is 0.646. The van der Waals surface area contributed by atoms with E-state index in [0.717, 1.165) is 19.6 Å². The van der Waals surface area contributed by atoms with E-state index < -0.39 is 0 Å². The second kappa shape index (κ2) is 8.94. The number of ether oxygens (including phenoxy) is 1. The monoisotopic (exact) mass is 316 g/mol. The van der Waals surface area contributed by atoms with Gasteiger partial charge in [0.2, 0.25) is 0 Å². The zero-order chi connectivity index (χ0) is 12.7. The molecule has 0 radical (unpaired) electrons. The number of nitrogen functional groups attached to an aromatic ring is 1. The van der Waals surface area contributed by atoms with Gasteiger partial charge in [0, 0.05) is 12.2 Å². The van der Waals surface area contributed by atoms with Crippen LogP contribution in [0.15, 0.2) is 24.3 Å². The lowest BCUT2D eigenvalue weighted by molar-refractivity contribution is 0.0466. The Labute approximate surface area is 119 Å². The largest absolute Gasteiger partial charge is 0.461 e. The van der Waals surface area contributed by atoms with Crippen molar-refractivity contribution in [2.24, 2.45) is 0 Å². The summed E-state index contributed by atoms with van der Waals surface area (Å²) in [7, 11) is 0. The molecule has 102 valence electrons. The molecule has 0 fully saturated rings. The van der Waals surface area contributed by atoms with Crippen LogP contribution in [0.3, 0.4) is 0 Å². The minimum atomic E-state index is -0.294. The lowest BCUT2D eigenvalue weighted by Gasteiger charge is -2.17. The lowest BCUT2D eigenvalue weighted by Crippen LogP contribution is -2.27. The molecule has 0 atom stereocenters. The number of hydrogen-bond acceptors (Lipinski definition) is 4. The van der Waals surface area contributed by atoms with Crippen molar-refractivity contribution in [3.05, 3.63) is 29.8 Å². The second-order valence-corrected chi connectivity index (χ2v) is 3.78. The first kappa shape index (κ1) is 16.9. The van der Waals surface area contributed by atoms with Gasteiger partial charge in [0.05, 0.1) is 5.56 Å². The van der Waals surface area contributed by atoms with E-state index >= 15 is 0 Å². The number of likely N-dealkylation sites (N-methyl/N-ethyl adjacent to an activating group) is 1. The molecule has 0 unspecified atom stereocenters. The summed E-state index contributed by atoms with van der Waals surface area (Å²) in [6.07, 6.45) is 0. The van der Waals surface area contributed by atoms with E-state index in [-0.39, 0.29) is 23.0 Å². The first-order valence-corrected chi connectivity index (χ1v) is 5.92. The van der Waals surface area contributed by atoms with Crippen LogP contribution in [0.5, 0.6) is 0 Å². The molecule has 1 aromatic carbocycles. The maximum Gasteiger partial charge on any atom is 0.338 e. The molecular formula is C13H21BrN2O2. The van der Waals surface area contributed by atoms with Crippen molar-refractivity contribution < 1.29 is 9.53 Å². The Morgan fingerprint density at radius 2 is 1.78 bits per heavy atom. The number of carbonyl (C=O) groups excluding carboxylic acids is 1. The Morgan fingerprint density at radius 1 is 1.22 bits per heavy atom. The maximum atomic E-state index is 11.6. The van der Waals surface area contributed by atoms with Gasteiger partial charge < -0.3 is 15.4 Å². The fourth-order valence-electron chi connectivity index (χ4n) is 1.51. The van der Waals surface area contributed by atoms with Gasteiger partial charge >= 0.3 is 5.97 Å². The molecule has 18 heavy (non-hydrogen) atoms. The number of hydrogen-bond donors (Lipinski definition) is 1. The third-order valence-corrected chi connectivity index (χ3v) is 2.68. The molecule has 0 aromatic heterocycles. The summed E-state index contributed by atoms with van der Waals surface area (Å²) in [6, 6.07) is 6.74. The van der Waals surface area contributed by atoms with E-state index in [4.69, 9.17) is 10.5 Å². The highest BCUT2D eigenvalue weighted by molar-refractivity contribution is 8.93. The minimum Gasteiger partial charge on any atom is -0.461 e. The van der Waals surface area contributed by atoms with Gasteiger partial charge in [-0.15, -0.1) is 17.0 Å². The van der Waals surface area contributed by atoms with Crippen LogP contribution in [0.1, 0.15) is 24.2 Å². The molecular weight excluding hydrogens is 296 g/mol. The number of carbonyl (C=O) groups is 1. The van der Waals surface area contributed by atoms with E-state index in [9.17, 15) is 4.79 Å². The number of anilines is 1. The van der Waals surface area contributed by atoms with Crippen molar-refractivity contribution >= 4 is 28.6 Å². The molecule has 0 bridgehead atoms. The van der Waals surface area contributed by atoms with E-state index in [1.807, 2.05) is 0 Å². The van der Waals surface area contributed by atoms with Gasteiger partial charge in [-0.25, -0.2) is 4.79 Å². The molecule has 4 nitrogen and oxygen atoms in total. The highest BCUT2D eigenvalue weighted by Gasteiger charge is 2.07. The van der Waals surface area contributed by atoms with Crippen LogP contribution in [0.2, 0.25) is 0 Å². The molecule has 1 aromatic rings. The highest BCUT2D eigenvalue weighted by atomic mass is 79.9. The predicted octanol–water partition coefficient (Wildman–Crippen LogP) is 2.35. The molecule has 0 aliphatic rings. The van der Waals surface area contributed by atoms with Crippen LogP contribution in [-0.4, -0.2) is 37.1 Å². The van der Waals surface area contributed by atoms with Crippen molar-refractivity contribution in [2.75, 3.05) is 32.0 Å². The van der Waals surface area contributed by atoms with E-state index in [2.05, 4.69) is 18.7 Å². The Bertz CT molecular complexity index is 351. The van der Waals surface area contributed by atoms with Crippen LogP contribution < -0.4 is 5.73 Å². The first-order chi connectivity index (χ1) is 8.17. The van der Waals surface area contributed by atoms with Gasteiger partial charge in [-0.05, 0) is 37.4 Å². The highest BCUT2D eigenvalue weighted by Crippen LogP contribution is 2.06. The fraction of sp³-hybridized carbons (Fsp3) is 0.462. The Balaban J connectivity index is 0.00000289. The first-order valence-electron chi connectivity index (χ1n) is 5.92. The zero-order valence-corrected chi connectivity index (χ0v) is 12.6. The topological polar surface area (TPSA) is 55.6 Å². The summed E-state index contributed by atoms with van der Waals surface area (Å²) in [6.45, 7) is 7.31. The van der Waals surface area contributed by atoms with Crippen LogP contribution >= 0.6 is 17.0 Å². The maximum absolute atomic E-state index is 11.6. The van der Waals surface area contributed by atoms with Gasteiger partial charge in [-0.2, -0.15) is 0 Å². The summed E-state index contributed by atoms with van der Waals surface area (Å²) in [5.74, 6) is -0.294. The van der Waals surface area contributed by atoms with E-state index in [1.54, 1.807) is 24.3 Å². The van der Waals surface area contributed by atoms with Crippen LogP contribution in [0.4, 0.5) is 5.69 Å². The smallest absolute Gasteiger partial charge is 0.338 e. The molecule has 0 amide bonds. The Kier molecular flexibility index (Phi) is 8.41. The van der Waals surface area contributed by atoms with Crippen molar-refractivity contribution in [1.29, 1.82) is 0 Å². The number of halogens is 1. The van der Waals surface area contributed by atoms with Gasteiger partial charge in [-0.1, -0.05) is 13.8 Å². The van der Waals surface area contributed by atoms with Crippen LogP contribution in [0.25, 0.3) is 0 Å². The third kappa shape index (κ3) is 5.51. The van der Waals surface area contributed by atoms with Crippen LogP contribution in [0, 0.1) is 0 Å². The Hall–Kier alpha value is -1.07.